The highest BCUT2D eigenvalue weighted by Crippen LogP contribution is 2.26. The molecule has 0 aliphatic heterocycles. The van der Waals surface area contributed by atoms with Crippen LogP contribution in [0.25, 0.3) is 0 Å². The molecule has 0 aromatic carbocycles. The van der Waals surface area contributed by atoms with Crippen LogP contribution in [0.5, 0.6) is 5.88 Å². The molecule has 7 heteroatoms. The summed E-state index contributed by atoms with van der Waals surface area (Å²) in [4.78, 5) is 10.0. The zero-order valence-electron chi connectivity index (χ0n) is 16.6. The van der Waals surface area contributed by atoms with Gasteiger partial charge in [-0.25, -0.2) is 9.98 Å². The number of hydrogen-bond donors (Lipinski definition) is 3. The number of pyridine rings is 1. The second kappa shape index (κ2) is 9.89. The number of nitrogens with one attached hydrogen (secondary N) is 2. The fourth-order valence-corrected chi connectivity index (χ4v) is 4.04. The first-order valence-electron chi connectivity index (χ1n) is 9.97. The van der Waals surface area contributed by atoms with Gasteiger partial charge in [0.25, 0.3) is 0 Å². The van der Waals surface area contributed by atoms with Crippen molar-refractivity contribution in [3.05, 3.63) is 46.3 Å². The minimum Gasteiger partial charge on any atom is -0.474 e. The van der Waals surface area contributed by atoms with Crippen molar-refractivity contribution in [3.8, 4) is 5.88 Å². The lowest BCUT2D eigenvalue weighted by Crippen LogP contribution is -2.44. The maximum absolute atomic E-state index is 10.7. The monoisotopic (exact) mass is 402 g/mol. The number of thiophene rings is 1. The molecule has 1 aliphatic carbocycles. The van der Waals surface area contributed by atoms with Crippen molar-refractivity contribution < 1.29 is 9.84 Å². The van der Waals surface area contributed by atoms with Crippen LogP contribution in [0, 0.1) is 0 Å². The van der Waals surface area contributed by atoms with Crippen LogP contribution in [0.1, 0.15) is 50.0 Å². The number of ether oxygens (including phenoxy) is 1. The summed E-state index contributed by atoms with van der Waals surface area (Å²) in [5.74, 6) is 1.34. The van der Waals surface area contributed by atoms with Crippen molar-refractivity contribution in [2.75, 3.05) is 13.1 Å². The predicted octanol–water partition coefficient (Wildman–Crippen LogP) is 3.43. The first-order chi connectivity index (χ1) is 13.6. The highest BCUT2D eigenvalue weighted by atomic mass is 32.1. The zero-order valence-corrected chi connectivity index (χ0v) is 17.5. The average molecular weight is 403 g/mol. The van der Waals surface area contributed by atoms with Gasteiger partial charge in [0.15, 0.2) is 5.96 Å². The van der Waals surface area contributed by atoms with Gasteiger partial charge in [-0.05, 0) is 57.0 Å². The number of guanidine groups is 1. The lowest BCUT2D eigenvalue weighted by molar-refractivity contribution is 0.0655. The number of rotatable bonds is 8. The third-order valence-electron chi connectivity index (χ3n) is 4.83. The number of hydrogen-bond acceptors (Lipinski definition) is 5. The van der Waals surface area contributed by atoms with Crippen LogP contribution in [0.4, 0.5) is 0 Å². The largest absolute Gasteiger partial charge is 0.474 e. The molecule has 152 valence electrons. The van der Waals surface area contributed by atoms with Crippen LogP contribution < -0.4 is 15.4 Å². The van der Waals surface area contributed by atoms with Gasteiger partial charge in [-0.2, -0.15) is 0 Å². The molecule has 28 heavy (non-hydrogen) atoms. The minimum atomic E-state index is -0.949. The number of aromatic nitrogens is 1. The van der Waals surface area contributed by atoms with Gasteiger partial charge >= 0.3 is 0 Å². The van der Waals surface area contributed by atoms with E-state index < -0.39 is 5.60 Å². The summed E-state index contributed by atoms with van der Waals surface area (Å²) in [6.45, 7) is 5.41. The Morgan fingerprint density at radius 2 is 2.14 bits per heavy atom. The molecule has 0 radical (unpaired) electrons. The molecule has 0 bridgehead atoms. The molecule has 3 rings (SSSR count). The first-order valence-corrected chi connectivity index (χ1v) is 10.9. The molecule has 3 N–H and O–H groups in total. The number of aliphatic hydroxyl groups is 1. The first kappa shape index (κ1) is 20.6. The molecule has 1 fully saturated rings. The molecule has 0 saturated heterocycles. The van der Waals surface area contributed by atoms with E-state index in [-0.39, 0.29) is 6.10 Å². The van der Waals surface area contributed by atoms with Crippen LogP contribution in [-0.4, -0.2) is 35.2 Å². The molecule has 1 aliphatic rings. The Bertz CT molecular complexity index is 756. The molecule has 0 spiro atoms. The smallest absolute Gasteiger partial charge is 0.218 e. The second-order valence-electron chi connectivity index (χ2n) is 7.29. The molecular weight excluding hydrogens is 372 g/mol. The molecule has 2 aromatic heterocycles. The van der Waals surface area contributed by atoms with Crippen LogP contribution in [0.3, 0.4) is 0 Å². The van der Waals surface area contributed by atoms with E-state index in [2.05, 4.69) is 20.6 Å². The lowest BCUT2D eigenvalue weighted by Gasteiger charge is -2.23. The lowest BCUT2D eigenvalue weighted by atomic mass is 10.1. The number of nitrogens with zero attached hydrogens (tertiary/aromatic N) is 2. The Labute approximate surface area is 171 Å². The highest BCUT2D eigenvalue weighted by molar-refractivity contribution is 7.10. The fraction of sp³-hybridized carbons (Fsp3) is 0.524. The van der Waals surface area contributed by atoms with Gasteiger partial charge in [-0.15, -0.1) is 11.3 Å². The Hall–Kier alpha value is -2.12. The van der Waals surface area contributed by atoms with Crippen LogP contribution in [-0.2, 0) is 12.1 Å². The second-order valence-corrected chi connectivity index (χ2v) is 8.24. The van der Waals surface area contributed by atoms with Crippen molar-refractivity contribution >= 4 is 17.3 Å². The summed E-state index contributed by atoms with van der Waals surface area (Å²) in [5.41, 5.74) is 0.0201. The highest BCUT2D eigenvalue weighted by Gasteiger charge is 2.24. The molecule has 1 saturated carbocycles. The van der Waals surface area contributed by atoms with E-state index in [1.807, 2.05) is 43.5 Å². The van der Waals surface area contributed by atoms with Gasteiger partial charge in [0.2, 0.25) is 5.88 Å². The van der Waals surface area contributed by atoms with Gasteiger partial charge in [0.05, 0.1) is 13.1 Å². The summed E-state index contributed by atoms with van der Waals surface area (Å²) in [7, 11) is 0. The Kier molecular flexibility index (Phi) is 7.28. The van der Waals surface area contributed by atoms with E-state index in [0.717, 1.165) is 29.8 Å². The van der Waals surface area contributed by atoms with Gasteiger partial charge in [0.1, 0.15) is 11.7 Å². The molecule has 2 heterocycles. The van der Waals surface area contributed by atoms with Gasteiger partial charge in [0, 0.05) is 23.2 Å². The summed E-state index contributed by atoms with van der Waals surface area (Å²) < 4.78 is 6.10. The number of aliphatic imine (C=N–C) groups is 1. The Morgan fingerprint density at radius 3 is 2.86 bits per heavy atom. The molecule has 1 unspecified atom stereocenters. The van der Waals surface area contributed by atoms with E-state index in [4.69, 9.17) is 4.74 Å². The van der Waals surface area contributed by atoms with E-state index in [1.165, 1.54) is 12.8 Å². The van der Waals surface area contributed by atoms with E-state index in [1.54, 1.807) is 17.5 Å². The van der Waals surface area contributed by atoms with Crippen molar-refractivity contribution in [1.82, 2.24) is 15.6 Å². The SMILES string of the molecule is CCNC(=NCc1cccnc1OC1CCCC1)NCC(C)(O)c1cccs1. The van der Waals surface area contributed by atoms with Crippen molar-refractivity contribution in [2.45, 2.75) is 57.8 Å². The Balaban J connectivity index is 1.64. The summed E-state index contributed by atoms with van der Waals surface area (Å²) in [6, 6.07) is 7.81. The molecule has 0 amide bonds. The van der Waals surface area contributed by atoms with Gasteiger partial charge in [-0.3, -0.25) is 0 Å². The summed E-state index contributed by atoms with van der Waals surface area (Å²) in [5, 5.41) is 19.2. The molecular formula is C21H30N4O2S. The van der Waals surface area contributed by atoms with Gasteiger partial charge < -0.3 is 20.5 Å². The summed E-state index contributed by atoms with van der Waals surface area (Å²) in [6.07, 6.45) is 6.68. The normalized spacial score (nSPS) is 17.3. The average Bonchev–Trinajstić information content (AvgIpc) is 3.39. The zero-order chi connectivity index (χ0) is 19.8. The fourth-order valence-electron chi connectivity index (χ4n) is 3.25. The predicted molar refractivity (Wildman–Crippen MR) is 114 cm³/mol. The third kappa shape index (κ3) is 5.69. The molecule has 2 aromatic rings. The van der Waals surface area contributed by atoms with Crippen molar-refractivity contribution in [1.29, 1.82) is 0 Å². The standard InChI is InChI=1S/C21H30N4O2S/c1-3-22-20(25-15-21(2,26)18-11-7-13-28-18)24-14-16-8-6-12-23-19(16)27-17-9-4-5-10-17/h6-8,11-13,17,26H,3-5,9-10,14-15H2,1-2H3,(H2,22,24,25). The Morgan fingerprint density at radius 1 is 1.32 bits per heavy atom. The van der Waals surface area contributed by atoms with Crippen LogP contribution in [0.15, 0.2) is 40.8 Å². The van der Waals surface area contributed by atoms with Crippen molar-refractivity contribution in [2.24, 2.45) is 4.99 Å². The molecule has 6 nitrogen and oxygen atoms in total. The van der Waals surface area contributed by atoms with E-state index in [0.29, 0.717) is 24.9 Å². The summed E-state index contributed by atoms with van der Waals surface area (Å²) >= 11 is 1.55. The van der Waals surface area contributed by atoms with Crippen molar-refractivity contribution in [3.63, 3.8) is 0 Å². The van der Waals surface area contributed by atoms with Gasteiger partial charge in [-0.1, -0.05) is 12.1 Å². The quantitative estimate of drug-likeness (QED) is 0.466. The topological polar surface area (TPSA) is 78.8 Å². The van der Waals surface area contributed by atoms with E-state index in [9.17, 15) is 5.11 Å². The van der Waals surface area contributed by atoms with Crippen LogP contribution >= 0.6 is 11.3 Å². The van der Waals surface area contributed by atoms with E-state index >= 15 is 0 Å². The maximum atomic E-state index is 10.7. The molecule has 1 atom stereocenters. The maximum Gasteiger partial charge on any atom is 0.218 e. The third-order valence-corrected chi connectivity index (χ3v) is 5.96. The minimum absolute atomic E-state index is 0.268. The van der Waals surface area contributed by atoms with Crippen LogP contribution in [0.2, 0.25) is 0 Å².